The molecule has 0 saturated carbocycles. The minimum Gasteiger partial charge on any atom is -0.478 e. The molecule has 0 aromatic rings. The van der Waals surface area contributed by atoms with Crippen LogP contribution in [0, 0.1) is 17.3 Å². The van der Waals surface area contributed by atoms with Crippen molar-refractivity contribution in [3.05, 3.63) is 46.1 Å². The maximum Gasteiger partial charge on any atom is 0.328 e. The van der Waals surface area contributed by atoms with Crippen molar-refractivity contribution in [3.8, 4) is 11.8 Å². The van der Waals surface area contributed by atoms with Gasteiger partial charge in [-0.15, -0.1) is 0 Å². The van der Waals surface area contributed by atoms with Crippen molar-refractivity contribution in [1.82, 2.24) is 0 Å². The van der Waals surface area contributed by atoms with Gasteiger partial charge in [-0.1, -0.05) is 43.4 Å². The number of carboxylic acid groups (broad SMARTS) is 1. The Morgan fingerprint density at radius 1 is 1.22 bits per heavy atom. The van der Waals surface area contributed by atoms with Crippen LogP contribution < -0.4 is 0 Å². The van der Waals surface area contributed by atoms with Crippen molar-refractivity contribution in [1.29, 1.82) is 0 Å². The molecule has 0 radical (unpaired) electrons. The van der Waals surface area contributed by atoms with Crippen LogP contribution in [0.5, 0.6) is 0 Å². The van der Waals surface area contributed by atoms with Crippen molar-refractivity contribution in [2.45, 2.75) is 60.8 Å². The molecule has 1 aliphatic carbocycles. The zero-order chi connectivity index (χ0) is 17.6. The lowest BCUT2D eigenvalue weighted by molar-refractivity contribution is -0.131. The maximum absolute atomic E-state index is 10.6. The molecule has 0 amide bonds. The molecule has 124 valence electrons. The topological polar surface area (TPSA) is 37.3 Å². The average molecular weight is 312 g/mol. The van der Waals surface area contributed by atoms with Crippen LogP contribution >= 0.6 is 0 Å². The molecule has 1 aliphatic rings. The molecule has 1 rings (SSSR count). The minimum atomic E-state index is -0.924. The number of carboxylic acids is 1. The Labute approximate surface area is 140 Å². The van der Waals surface area contributed by atoms with Crippen LogP contribution in [0.1, 0.15) is 60.8 Å². The summed E-state index contributed by atoms with van der Waals surface area (Å²) < 4.78 is 0. The van der Waals surface area contributed by atoms with Gasteiger partial charge >= 0.3 is 5.97 Å². The van der Waals surface area contributed by atoms with Gasteiger partial charge in [-0.05, 0) is 63.5 Å². The van der Waals surface area contributed by atoms with E-state index in [9.17, 15) is 4.79 Å². The van der Waals surface area contributed by atoms with Crippen molar-refractivity contribution >= 4 is 5.97 Å². The van der Waals surface area contributed by atoms with Gasteiger partial charge in [-0.25, -0.2) is 4.79 Å². The summed E-state index contributed by atoms with van der Waals surface area (Å²) in [6.07, 6.45) is 8.51. The fourth-order valence-electron chi connectivity index (χ4n) is 2.78. The number of allylic oxidation sites excluding steroid dienone is 7. The van der Waals surface area contributed by atoms with Crippen LogP contribution in [0.2, 0.25) is 0 Å². The standard InChI is InChI=1S/C21H28O2/c1-15(14-20(22)23)9-10-16(2)17(3)11-12-19-18(4)8-7-13-21(19,5)6/h9-10,14H,7-8,13H2,1-6H3,(H,22,23)/b10-9+,15-14-,17-16-. The van der Waals surface area contributed by atoms with Gasteiger partial charge in [0.1, 0.15) is 0 Å². The number of hydrogen-bond donors (Lipinski definition) is 1. The van der Waals surface area contributed by atoms with Gasteiger partial charge in [-0.3, -0.25) is 0 Å². The molecule has 1 N–H and O–H groups in total. The van der Waals surface area contributed by atoms with Gasteiger partial charge in [-0.2, -0.15) is 0 Å². The average Bonchev–Trinajstić information content (AvgIpc) is 2.42. The Morgan fingerprint density at radius 2 is 1.87 bits per heavy atom. The molecular formula is C21H28O2. The monoisotopic (exact) mass is 312 g/mol. The van der Waals surface area contributed by atoms with Crippen LogP contribution in [0.25, 0.3) is 0 Å². The zero-order valence-corrected chi connectivity index (χ0v) is 15.2. The Morgan fingerprint density at radius 3 is 2.43 bits per heavy atom. The highest BCUT2D eigenvalue weighted by Gasteiger charge is 2.27. The molecule has 0 aliphatic heterocycles. The van der Waals surface area contributed by atoms with E-state index in [4.69, 9.17) is 5.11 Å². The van der Waals surface area contributed by atoms with E-state index in [-0.39, 0.29) is 5.41 Å². The summed E-state index contributed by atoms with van der Waals surface area (Å²) in [5.74, 6) is 5.75. The first-order chi connectivity index (χ1) is 10.6. The zero-order valence-electron chi connectivity index (χ0n) is 15.2. The fraction of sp³-hybridized carbons (Fsp3) is 0.476. The second-order valence-electron chi connectivity index (χ2n) is 7.01. The lowest BCUT2D eigenvalue weighted by atomic mass is 9.73. The third-order valence-corrected chi connectivity index (χ3v) is 4.37. The molecule has 0 atom stereocenters. The predicted molar refractivity (Wildman–Crippen MR) is 97.0 cm³/mol. The molecule has 23 heavy (non-hydrogen) atoms. The maximum atomic E-state index is 10.6. The van der Waals surface area contributed by atoms with E-state index in [0.717, 1.165) is 17.6 Å². The van der Waals surface area contributed by atoms with E-state index < -0.39 is 5.97 Å². The van der Waals surface area contributed by atoms with Gasteiger partial charge in [0.15, 0.2) is 0 Å². The summed E-state index contributed by atoms with van der Waals surface area (Å²) >= 11 is 0. The predicted octanol–water partition coefficient (Wildman–Crippen LogP) is 5.44. The molecule has 2 heteroatoms. The third-order valence-electron chi connectivity index (χ3n) is 4.37. The van der Waals surface area contributed by atoms with E-state index in [0.29, 0.717) is 5.57 Å². The Hall–Kier alpha value is -2.01. The Balaban J connectivity index is 3.01. The lowest BCUT2D eigenvalue weighted by Crippen LogP contribution is -2.19. The van der Waals surface area contributed by atoms with E-state index in [1.165, 1.54) is 30.1 Å². The van der Waals surface area contributed by atoms with Crippen LogP contribution in [0.4, 0.5) is 0 Å². The quantitative estimate of drug-likeness (QED) is 0.428. The molecule has 0 unspecified atom stereocenters. The first kappa shape index (κ1) is 19.0. The normalized spacial score (nSPS) is 19.3. The van der Waals surface area contributed by atoms with Crippen LogP contribution in [0.15, 0.2) is 46.1 Å². The number of carbonyl (C=O) groups is 1. The van der Waals surface area contributed by atoms with Crippen molar-refractivity contribution in [2.24, 2.45) is 5.41 Å². The number of hydrogen-bond acceptors (Lipinski definition) is 1. The Kier molecular flexibility index (Phi) is 6.63. The molecule has 0 bridgehead atoms. The highest BCUT2D eigenvalue weighted by molar-refractivity contribution is 5.81. The molecule has 0 saturated heterocycles. The van der Waals surface area contributed by atoms with Gasteiger partial charge in [0, 0.05) is 17.2 Å². The molecule has 2 nitrogen and oxygen atoms in total. The Bertz CT molecular complexity index is 656. The van der Waals surface area contributed by atoms with Crippen LogP contribution in [-0.4, -0.2) is 11.1 Å². The highest BCUT2D eigenvalue weighted by atomic mass is 16.4. The van der Waals surface area contributed by atoms with Crippen LogP contribution in [-0.2, 0) is 4.79 Å². The van der Waals surface area contributed by atoms with E-state index in [2.05, 4.69) is 32.6 Å². The fourth-order valence-corrected chi connectivity index (χ4v) is 2.78. The van der Waals surface area contributed by atoms with Gasteiger partial charge < -0.3 is 5.11 Å². The number of rotatable bonds is 3. The second kappa shape index (κ2) is 8.02. The summed E-state index contributed by atoms with van der Waals surface area (Å²) in [7, 11) is 0. The second-order valence-corrected chi connectivity index (χ2v) is 7.01. The SMILES string of the molecule is CC1=C(C#C\C(C)=C(C)/C=C/C(C)=C\C(=O)O)C(C)(C)CCC1. The molecule has 0 heterocycles. The summed E-state index contributed by atoms with van der Waals surface area (Å²) in [5, 5.41) is 8.71. The smallest absolute Gasteiger partial charge is 0.328 e. The van der Waals surface area contributed by atoms with Crippen molar-refractivity contribution < 1.29 is 9.90 Å². The molecule has 0 aromatic heterocycles. The summed E-state index contributed by atoms with van der Waals surface area (Å²) in [5.41, 5.74) is 5.65. The summed E-state index contributed by atoms with van der Waals surface area (Å²) in [6.45, 7) is 12.5. The first-order valence-corrected chi connectivity index (χ1v) is 8.12. The van der Waals surface area contributed by atoms with E-state index in [1.807, 2.05) is 26.0 Å². The van der Waals surface area contributed by atoms with Gasteiger partial charge in [0.25, 0.3) is 0 Å². The molecule has 0 aromatic carbocycles. The lowest BCUT2D eigenvalue weighted by Gasteiger charge is -2.31. The van der Waals surface area contributed by atoms with E-state index in [1.54, 1.807) is 6.92 Å². The first-order valence-electron chi connectivity index (χ1n) is 8.12. The minimum absolute atomic E-state index is 0.167. The third kappa shape index (κ3) is 5.94. The van der Waals surface area contributed by atoms with Crippen molar-refractivity contribution in [2.75, 3.05) is 0 Å². The molecule has 0 fully saturated rings. The van der Waals surface area contributed by atoms with Gasteiger partial charge in [0.05, 0.1) is 0 Å². The molecular weight excluding hydrogens is 284 g/mol. The summed E-state index contributed by atoms with van der Waals surface area (Å²) in [4.78, 5) is 10.6. The molecule has 0 spiro atoms. The van der Waals surface area contributed by atoms with E-state index >= 15 is 0 Å². The van der Waals surface area contributed by atoms with Crippen molar-refractivity contribution in [3.63, 3.8) is 0 Å². The van der Waals surface area contributed by atoms with Gasteiger partial charge in [0.2, 0.25) is 0 Å². The highest BCUT2D eigenvalue weighted by Crippen LogP contribution is 2.39. The number of aliphatic carboxylic acids is 1. The van der Waals surface area contributed by atoms with Crippen LogP contribution in [0.3, 0.4) is 0 Å². The summed E-state index contributed by atoms with van der Waals surface area (Å²) in [6, 6.07) is 0. The largest absolute Gasteiger partial charge is 0.478 e.